The Morgan fingerprint density at radius 3 is 2.48 bits per heavy atom. The second kappa shape index (κ2) is 12.1. The normalized spacial score (nSPS) is 10.8. The summed E-state index contributed by atoms with van der Waals surface area (Å²) < 4.78 is 10.8. The van der Waals surface area contributed by atoms with Gasteiger partial charge in [-0.1, -0.05) is 42.5 Å². The molecule has 5 nitrogen and oxygen atoms in total. The summed E-state index contributed by atoms with van der Waals surface area (Å²) in [5.74, 6) is 0.905. The Labute approximate surface area is 162 Å². The number of carbonyl (C=O) groups is 1. The van der Waals surface area contributed by atoms with E-state index in [-0.39, 0.29) is 5.91 Å². The Morgan fingerprint density at radius 2 is 1.78 bits per heavy atom. The second-order valence-electron chi connectivity index (χ2n) is 6.60. The number of likely N-dealkylation sites (N-methyl/N-ethyl adjacent to an activating group) is 1. The van der Waals surface area contributed by atoms with Gasteiger partial charge in [-0.25, -0.2) is 0 Å². The van der Waals surface area contributed by atoms with E-state index < -0.39 is 0 Å². The van der Waals surface area contributed by atoms with Crippen LogP contribution in [0.4, 0.5) is 0 Å². The van der Waals surface area contributed by atoms with Crippen LogP contribution in [0.3, 0.4) is 0 Å². The van der Waals surface area contributed by atoms with E-state index in [9.17, 15) is 4.79 Å². The standard InChI is InChI=1S/C22H30N2O3/c1-24(15-6-16-26-2)17-22(25)23-14-13-19-9-11-21(12-10-19)27-18-20-7-4-3-5-8-20/h3-5,7-12H,6,13-18H2,1-2H3,(H,23,25). The van der Waals surface area contributed by atoms with Crippen molar-refractivity contribution in [3.63, 3.8) is 0 Å². The lowest BCUT2D eigenvalue weighted by Crippen LogP contribution is -2.36. The van der Waals surface area contributed by atoms with Gasteiger partial charge in [0.2, 0.25) is 5.91 Å². The first-order valence-corrected chi connectivity index (χ1v) is 9.37. The third-order valence-electron chi connectivity index (χ3n) is 4.21. The van der Waals surface area contributed by atoms with Crippen LogP contribution in [0.15, 0.2) is 54.6 Å². The van der Waals surface area contributed by atoms with Gasteiger partial charge in [-0.05, 0) is 43.1 Å². The highest BCUT2D eigenvalue weighted by Crippen LogP contribution is 2.14. The van der Waals surface area contributed by atoms with Crippen LogP contribution in [0.25, 0.3) is 0 Å². The van der Waals surface area contributed by atoms with E-state index in [0.717, 1.165) is 37.3 Å². The maximum atomic E-state index is 11.9. The molecular weight excluding hydrogens is 340 g/mol. The Morgan fingerprint density at radius 1 is 1.04 bits per heavy atom. The van der Waals surface area contributed by atoms with Crippen molar-refractivity contribution in [3.05, 3.63) is 65.7 Å². The average Bonchev–Trinajstić information content (AvgIpc) is 2.68. The molecule has 0 aliphatic carbocycles. The quantitative estimate of drug-likeness (QED) is 0.584. The summed E-state index contributed by atoms with van der Waals surface area (Å²) in [5, 5.41) is 2.97. The van der Waals surface area contributed by atoms with E-state index in [4.69, 9.17) is 9.47 Å². The number of benzene rings is 2. The number of carbonyl (C=O) groups excluding carboxylic acids is 1. The van der Waals surface area contributed by atoms with Gasteiger partial charge in [0.15, 0.2) is 0 Å². The molecule has 5 heteroatoms. The van der Waals surface area contributed by atoms with E-state index in [2.05, 4.69) is 5.32 Å². The molecule has 0 saturated carbocycles. The highest BCUT2D eigenvalue weighted by atomic mass is 16.5. The molecule has 0 aliphatic heterocycles. The molecule has 0 fully saturated rings. The third kappa shape index (κ3) is 8.71. The van der Waals surface area contributed by atoms with Crippen molar-refractivity contribution in [3.8, 4) is 5.75 Å². The SMILES string of the molecule is COCCCN(C)CC(=O)NCCc1ccc(OCc2ccccc2)cc1. The van der Waals surface area contributed by atoms with Gasteiger partial charge in [-0.2, -0.15) is 0 Å². The smallest absolute Gasteiger partial charge is 0.234 e. The van der Waals surface area contributed by atoms with Crippen LogP contribution in [-0.2, 0) is 22.6 Å². The molecule has 0 radical (unpaired) electrons. The van der Waals surface area contributed by atoms with Crippen LogP contribution in [-0.4, -0.2) is 51.2 Å². The maximum absolute atomic E-state index is 11.9. The molecule has 1 N–H and O–H groups in total. The summed E-state index contributed by atoms with van der Waals surface area (Å²) in [6, 6.07) is 18.1. The molecule has 0 unspecified atom stereocenters. The number of hydrogen-bond donors (Lipinski definition) is 1. The molecule has 146 valence electrons. The van der Waals surface area contributed by atoms with Gasteiger partial charge in [0, 0.05) is 26.8 Å². The number of nitrogens with one attached hydrogen (secondary N) is 1. The van der Waals surface area contributed by atoms with Gasteiger partial charge in [0.05, 0.1) is 6.54 Å². The van der Waals surface area contributed by atoms with Crippen LogP contribution in [0.5, 0.6) is 5.75 Å². The highest BCUT2D eigenvalue weighted by Gasteiger charge is 2.06. The lowest BCUT2D eigenvalue weighted by atomic mass is 10.1. The summed E-state index contributed by atoms with van der Waals surface area (Å²) in [4.78, 5) is 14.0. The van der Waals surface area contributed by atoms with Gasteiger partial charge >= 0.3 is 0 Å². The van der Waals surface area contributed by atoms with Gasteiger partial charge in [0.1, 0.15) is 12.4 Å². The summed E-state index contributed by atoms with van der Waals surface area (Å²) in [6.45, 7) is 3.18. The molecule has 2 aromatic rings. The van der Waals surface area contributed by atoms with Gasteiger partial charge in [-0.15, -0.1) is 0 Å². The van der Waals surface area contributed by atoms with E-state index in [1.54, 1.807) is 7.11 Å². The average molecular weight is 370 g/mol. The lowest BCUT2D eigenvalue weighted by molar-refractivity contribution is -0.121. The van der Waals surface area contributed by atoms with Crippen molar-refractivity contribution in [1.29, 1.82) is 0 Å². The second-order valence-corrected chi connectivity index (χ2v) is 6.60. The summed E-state index contributed by atoms with van der Waals surface area (Å²) in [6.07, 6.45) is 1.73. The fourth-order valence-corrected chi connectivity index (χ4v) is 2.70. The fourth-order valence-electron chi connectivity index (χ4n) is 2.70. The zero-order chi connectivity index (χ0) is 19.3. The topological polar surface area (TPSA) is 50.8 Å². The first kappa shape index (κ1) is 20.9. The maximum Gasteiger partial charge on any atom is 0.234 e. The van der Waals surface area contributed by atoms with Crippen LogP contribution in [0, 0.1) is 0 Å². The molecule has 0 aromatic heterocycles. The Bertz CT molecular complexity index is 659. The molecule has 2 aromatic carbocycles. The monoisotopic (exact) mass is 370 g/mol. The minimum absolute atomic E-state index is 0.0535. The minimum Gasteiger partial charge on any atom is -0.489 e. The molecule has 0 atom stereocenters. The van der Waals surface area contributed by atoms with Gasteiger partial charge < -0.3 is 14.8 Å². The third-order valence-corrected chi connectivity index (χ3v) is 4.21. The number of ether oxygens (including phenoxy) is 2. The zero-order valence-corrected chi connectivity index (χ0v) is 16.3. The van der Waals surface area contributed by atoms with E-state index in [1.807, 2.05) is 66.5 Å². The number of amides is 1. The summed E-state index contributed by atoms with van der Waals surface area (Å²) in [7, 11) is 3.64. The first-order valence-electron chi connectivity index (χ1n) is 9.37. The van der Waals surface area contributed by atoms with Crippen molar-refractivity contribution < 1.29 is 14.3 Å². The van der Waals surface area contributed by atoms with Crippen molar-refractivity contribution >= 4 is 5.91 Å². The Balaban J connectivity index is 1.64. The van der Waals surface area contributed by atoms with E-state index >= 15 is 0 Å². The first-order chi connectivity index (χ1) is 13.2. The molecule has 0 bridgehead atoms. The number of nitrogens with zero attached hydrogens (tertiary/aromatic N) is 1. The van der Waals surface area contributed by atoms with Crippen LogP contribution in [0.2, 0.25) is 0 Å². The Kier molecular flexibility index (Phi) is 9.38. The predicted molar refractivity (Wildman–Crippen MR) is 108 cm³/mol. The largest absolute Gasteiger partial charge is 0.489 e. The highest BCUT2D eigenvalue weighted by molar-refractivity contribution is 5.77. The van der Waals surface area contributed by atoms with Crippen molar-refractivity contribution in [2.75, 3.05) is 40.4 Å². The van der Waals surface area contributed by atoms with E-state index in [0.29, 0.717) is 19.7 Å². The summed E-state index contributed by atoms with van der Waals surface area (Å²) in [5.41, 5.74) is 2.33. The Hall–Kier alpha value is -2.37. The van der Waals surface area contributed by atoms with Crippen molar-refractivity contribution in [2.45, 2.75) is 19.4 Å². The predicted octanol–water partition coefficient (Wildman–Crippen LogP) is 2.89. The molecule has 27 heavy (non-hydrogen) atoms. The van der Waals surface area contributed by atoms with Crippen molar-refractivity contribution in [2.24, 2.45) is 0 Å². The minimum atomic E-state index is 0.0535. The molecule has 0 aliphatic rings. The van der Waals surface area contributed by atoms with Crippen LogP contribution >= 0.6 is 0 Å². The number of hydrogen-bond acceptors (Lipinski definition) is 4. The molecule has 1 amide bonds. The van der Waals surface area contributed by atoms with Crippen LogP contribution < -0.4 is 10.1 Å². The number of rotatable bonds is 12. The van der Waals surface area contributed by atoms with Crippen molar-refractivity contribution in [1.82, 2.24) is 10.2 Å². The summed E-state index contributed by atoms with van der Waals surface area (Å²) >= 11 is 0. The van der Waals surface area contributed by atoms with Gasteiger partial charge in [-0.3, -0.25) is 9.69 Å². The molecule has 0 heterocycles. The van der Waals surface area contributed by atoms with Gasteiger partial charge in [0.25, 0.3) is 0 Å². The zero-order valence-electron chi connectivity index (χ0n) is 16.3. The fraction of sp³-hybridized carbons (Fsp3) is 0.409. The lowest BCUT2D eigenvalue weighted by Gasteiger charge is -2.15. The molecule has 2 rings (SSSR count). The van der Waals surface area contributed by atoms with Crippen LogP contribution in [0.1, 0.15) is 17.5 Å². The molecular formula is C22H30N2O3. The molecule has 0 spiro atoms. The van der Waals surface area contributed by atoms with E-state index in [1.165, 1.54) is 5.56 Å². The molecule has 0 saturated heterocycles. The number of methoxy groups -OCH3 is 1.